The zero-order valence-corrected chi connectivity index (χ0v) is 13.7. The van der Waals surface area contributed by atoms with E-state index in [1.807, 2.05) is 0 Å². The van der Waals surface area contributed by atoms with Crippen LogP contribution in [0.2, 0.25) is 0 Å². The number of halogens is 12. The second-order valence-electron chi connectivity index (χ2n) is 5.68. The van der Waals surface area contributed by atoms with Crippen LogP contribution in [0.15, 0.2) is 12.2 Å². The number of hydrogen-bond donors (Lipinski definition) is 1. The first-order valence-electron chi connectivity index (χ1n) is 7.36. The van der Waals surface area contributed by atoms with Crippen molar-refractivity contribution in [1.82, 2.24) is 0 Å². The van der Waals surface area contributed by atoms with E-state index >= 15 is 0 Å². The monoisotopic (exact) mass is 428 g/mol. The van der Waals surface area contributed by atoms with Gasteiger partial charge in [0.1, 0.15) is 6.61 Å². The number of rotatable bonds is 11. The summed E-state index contributed by atoms with van der Waals surface area (Å²) in [5.74, 6) is -41.7. The molecule has 1 N–H and O–H groups in total. The highest BCUT2D eigenvalue weighted by atomic mass is 19.4. The normalized spacial score (nSPS) is 15.6. The molecule has 0 rings (SSSR count). The first-order chi connectivity index (χ1) is 11.9. The van der Waals surface area contributed by atoms with Crippen LogP contribution >= 0.6 is 0 Å². The summed E-state index contributed by atoms with van der Waals surface area (Å²) in [6.45, 7) is -1.59. The van der Waals surface area contributed by atoms with Gasteiger partial charge in [-0.15, -0.1) is 0 Å². The fourth-order valence-electron chi connectivity index (χ4n) is 1.89. The molecule has 162 valence electrons. The third-order valence-electron chi connectivity index (χ3n) is 3.65. The van der Waals surface area contributed by atoms with Gasteiger partial charge >= 0.3 is 35.5 Å². The minimum absolute atomic E-state index is 0.0610. The molecule has 0 fully saturated rings. The van der Waals surface area contributed by atoms with Crippen LogP contribution in [0.4, 0.5) is 52.7 Å². The third kappa shape index (κ3) is 4.32. The van der Waals surface area contributed by atoms with Crippen LogP contribution in [0, 0.1) is 0 Å². The number of allylic oxidation sites excluding steroid dienone is 2. The lowest BCUT2D eigenvalue weighted by Crippen LogP contribution is -2.71. The highest BCUT2D eigenvalue weighted by Crippen LogP contribution is 2.60. The standard InChI is InChI=1S/C14H16F12O/c1-2-3-4-5-6-7-9(15,16)11(19,20)13(23,24)14(25,26)12(21,22)10(17,18)8-27/h2-3,27H,4-8H2,1H3/b3-2+. The number of unbranched alkanes of at least 4 members (excludes halogenated alkanes) is 2. The highest BCUT2D eigenvalue weighted by Gasteiger charge is 2.89. The van der Waals surface area contributed by atoms with Crippen LogP contribution in [0.3, 0.4) is 0 Å². The SMILES string of the molecule is C/C=C/CCCCC(F)(F)C(F)(F)C(F)(F)C(F)(F)C(F)(F)C(F)(F)CO. The minimum atomic E-state index is -7.61. The van der Waals surface area contributed by atoms with Gasteiger partial charge in [0.2, 0.25) is 0 Å². The second-order valence-corrected chi connectivity index (χ2v) is 5.68. The molecule has 0 bridgehead atoms. The lowest BCUT2D eigenvalue weighted by Gasteiger charge is -2.41. The van der Waals surface area contributed by atoms with Crippen molar-refractivity contribution >= 4 is 0 Å². The van der Waals surface area contributed by atoms with E-state index in [0.29, 0.717) is 0 Å². The molecule has 27 heavy (non-hydrogen) atoms. The molecule has 13 heteroatoms. The predicted octanol–water partition coefficient (Wildman–Crippen LogP) is 5.93. The molecule has 1 nitrogen and oxygen atoms in total. The first-order valence-corrected chi connectivity index (χ1v) is 7.36. The Morgan fingerprint density at radius 1 is 0.630 bits per heavy atom. The third-order valence-corrected chi connectivity index (χ3v) is 3.65. The second kappa shape index (κ2) is 8.08. The maximum absolute atomic E-state index is 13.4. The molecule has 0 aliphatic rings. The van der Waals surface area contributed by atoms with Gasteiger partial charge < -0.3 is 5.11 Å². The zero-order chi connectivity index (χ0) is 21.9. The summed E-state index contributed by atoms with van der Waals surface area (Å²) in [7, 11) is 0. The average Bonchev–Trinajstić information content (AvgIpc) is 2.53. The Bertz CT molecular complexity index is 512. The van der Waals surface area contributed by atoms with E-state index in [-0.39, 0.29) is 12.8 Å². The van der Waals surface area contributed by atoms with Crippen LogP contribution in [0.5, 0.6) is 0 Å². The van der Waals surface area contributed by atoms with Gasteiger partial charge in [0.15, 0.2) is 0 Å². The van der Waals surface area contributed by atoms with Crippen molar-refractivity contribution in [3.63, 3.8) is 0 Å². The van der Waals surface area contributed by atoms with Gasteiger partial charge in [0, 0.05) is 6.42 Å². The maximum Gasteiger partial charge on any atom is 0.384 e. The van der Waals surface area contributed by atoms with Crippen LogP contribution < -0.4 is 0 Å². The van der Waals surface area contributed by atoms with Crippen LogP contribution in [-0.4, -0.2) is 47.2 Å². The van der Waals surface area contributed by atoms with Crippen molar-refractivity contribution in [3.8, 4) is 0 Å². The van der Waals surface area contributed by atoms with Crippen LogP contribution in [-0.2, 0) is 0 Å². The summed E-state index contributed by atoms with van der Waals surface area (Å²) in [6, 6.07) is 0. The molecule has 0 aromatic carbocycles. The molecule has 0 saturated heterocycles. The Balaban J connectivity index is 5.79. The van der Waals surface area contributed by atoms with E-state index in [2.05, 4.69) is 0 Å². The lowest BCUT2D eigenvalue weighted by molar-refractivity contribution is -0.427. The van der Waals surface area contributed by atoms with Gasteiger partial charge in [-0.05, 0) is 26.2 Å². The number of aliphatic hydroxyl groups excluding tert-OH is 1. The summed E-state index contributed by atoms with van der Waals surface area (Å²) < 4.78 is 159. The van der Waals surface area contributed by atoms with Crippen molar-refractivity contribution in [3.05, 3.63) is 12.2 Å². The summed E-state index contributed by atoms with van der Waals surface area (Å²) in [6.07, 6.45) is -0.271. The minimum Gasteiger partial charge on any atom is -0.390 e. The Kier molecular flexibility index (Phi) is 7.74. The van der Waals surface area contributed by atoms with Crippen molar-refractivity contribution in [1.29, 1.82) is 0 Å². The quantitative estimate of drug-likeness (QED) is 0.246. The Morgan fingerprint density at radius 2 is 1.04 bits per heavy atom. The maximum atomic E-state index is 13.4. The fourth-order valence-corrected chi connectivity index (χ4v) is 1.89. The van der Waals surface area contributed by atoms with E-state index in [1.54, 1.807) is 0 Å². The lowest BCUT2D eigenvalue weighted by atomic mass is 9.89. The number of aliphatic hydroxyl groups is 1. The average molecular weight is 428 g/mol. The molecule has 0 aromatic heterocycles. The molecule has 0 aromatic rings. The molecule has 0 unspecified atom stereocenters. The fraction of sp³-hybridized carbons (Fsp3) is 0.857. The van der Waals surface area contributed by atoms with E-state index in [9.17, 15) is 52.7 Å². The molecular weight excluding hydrogens is 412 g/mol. The van der Waals surface area contributed by atoms with E-state index < -0.39 is 55.0 Å². The highest BCUT2D eigenvalue weighted by molar-refractivity contribution is 5.11. The summed E-state index contributed by atoms with van der Waals surface area (Å²) in [5.41, 5.74) is 0. The van der Waals surface area contributed by atoms with Gasteiger partial charge in [-0.3, -0.25) is 0 Å². The topological polar surface area (TPSA) is 20.2 Å². The molecule has 0 aliphatic heterocycles. The van der Waals surface area contributed by atoms with Gasteiger partial charge in [-0.2, -0.15) is 52.7 Å². The van der Waals surface area contributed by atoms with Crippen molar-refractivity contribution in [2.24, 2.45) is 0 Å². The summed E-state index contributed by atoms with van der Waals surface area (Å²) >= 11 is 0. The molecule has 0 heterocycles. The predicted molar refractivity (Wildman–Crippen MR) is 70.0 cm³/mol. The molecule has 0 saturated carbocycles. The Morgan fingerprint density at radius 3 is 1.41 bits per heavy atom. The molecule has 0 amide bonds. The van der Waals surface area contributed by atoms with E-state index in [4.69, 9.17) is 5.11 Å². The first kappa shape index (κ1) is 25.9. The summed E-state index contributed by atoms with van der Waals surface area (Å²) in [5, 5.41) is 7.96. The van der Waals surface area contributed by atoms with E-state index in [1.165, 1.54) is 19.1 Å². The Labute approximate surface area is 146 Å². The van der Waals surface area contributed by atoms with Crippen molar-refractivity contribution < 1.29 is 57.8 Å². The smallest absolute Gasteiger partial charge is 0.384 e. The number of alkyl halides is 12. The van der Waals surface area contributed by atoms with E-state index in [0.717, 1.165) is 0 Å². The number of hydrogen-bond acceptors (Lipinski definition) is 1. The molecule has 0 radical (unpaired) electrons. The molecule has 0 aliphatic carbocycles. The van der Waals surface area contributed by atoms with Gasteiger partial charge in [0.25, 0.3) is 0 Å². The van der Waals surface area contributed by atoms with Crippen LogP contribution in [0.25, 0.3) is 0 Å². The van der Waals surface area contributed by atoms with Gasteiger partial charge in [-0.25, -0.2) is 0 Å². The van der Waals surface area contributed by atoms with Gasteiger partial charge in [0.05, 0.1) is 0 Å². The molecule has 0 spiro atoms. The van der Waals surface area contributed by atoms with Crippen molar-refractivity contribution in [2.45, 2.75) is 68.1 Å². The zero-order valence-electron chi connectivity index (χ0n) is 13.7. The van der Waals surface area contributed by atoms with Gasteiger partial charge in [-0.1, -0.05) is 12.2 Å². The Hall–Kier alpha value is -1.14. The summed E-state index contributed by atoms with van der Waals surface area (Å²) in [4.78, 5) is 0. The molecular formula is C14H16F12O. The van der Waals surface area contributed by atoms with Crippen molar-refractivity contribution in [2.75, 3.05) is 6.61 Å². The largest absolute Gasteiger partial charge is 0.390 e. The molecule has 0 atom stereocenters. The van der Waals surface area contributed by atoms with Crippen LogP contribution in [0.1, 0.15) is 32.6 Å².